The van der Waals surface area contributed by atoms with E-state index in [1.54, 1.807) is 0 Å². The maximum atomic E-state index is 8.56. The summed E-state index contributed by atoms with van der Waals surface area (Å²) in [6.07, 6.45) is -1.07. The molecule has 0 aliphatic heterocycles. The van der Waals surface area contributed by atoms with Crippen LogP contribution in [0.25, 0.3) is 0 Å². The second-order valence-electron chi connectivity index (χ2n) is 2.13. The molecule has 0 bridgehead atoms. The summed E-state index contributed by atoms with van der Waals surface area (Å²) in [6.45, 7) is 0. The fourth-order valence-electron chi connectivity index (χ4n) is 0.300. The van der Waals surface area contributed by atoms with Crippen LogP contribution in [0.2, 0.25) is 0 Å². The van der Waals surface area contributed by atoms with Gasteiger partial charge in [-0.2, -0.15) is 9.90 Å². The molecule has 0 heterocycles. The summed E-state index contributed by atoms with van der Waals surface area (Å²) in [6, 6.07) is 0. The Morgan fingerprint density at radius 3 is 0.900 bits per heavy atom. The van der Waals surface area contributed by atoms with E-state index in [4.69, 9.17) is 20.4 Å². The molecule has 0 aliphatic carbocycles. The Bertz CT molecular complexity index is 58.1. The van der Waals surface area contributed by atoms with Crippen molar-refractivity contribution in [3.63, 3.8) is 0 Å². The molecule has 0 saturated heterocycles. The topological polar surface area (TPSA) is 80.9 Å². The summed E-state index contributed by atoms with van der Waals surface area (Å²) in [4.78, 5) is 0. The third-order valence-electron chi connectivity index (χ3n) is 1.34. The van der Waals surface area contributed by atoms with Crippen LogP contribution in [-0.2, 0) is 0 Å². The van der Waals surface area contributed by atoms with Crippen molar-refractivity contribution >= 4 is 17.2 Å². The Kier molecular flexibility index (Phi) is 8.53. The molecule has 1 atom stereocenters. The Labute approximate surface area is 63.8 Å². The normalized spacial score (nSPS) is 12.4. The van der Waals surface area contributed by atoms with E-state index in [2.05, 4.69) is 0 Å². The Hall–Kier alpha value is 0.700. The van der Waals surface area contributed by atoms with Crippen molar-refractivity contribution in [3.8, 4) is 0 Å². The van der Waals surface area contributed by atoms with Crippen LogP contribution in [0.15, 0.2) is 0 Å². The zero-order chi connectivity index (χ0) is 7.33. The van der Waals surface area contributed by atoms with Crippen molar-refractivity contribution in [2.75, 3.05) is 25.4 Å². The molecule has 0 amide bonds. The SMILES string of the molecule is OC[PH](CO)(CO)CO.P. The van der Waals surface area contributed by atoms with Gasteiger partial charge < -0.3 is 0 Å². The molecule has 1 unspecified atom stereocenters. The molecule has 4 nitrogen and oxygen atoms in total. The summed E-state index contributed by atoms with van der Waals surface area (Å²) < 4.78 is 0. The maximum absolute atomic E-state index is 8.56. The Balaban J connectivity index is 0. The molecule has 0 aromatic carbocycles. The molecule has 0 fully saturated rings. The van der Waals surface area contributed by atoms with E-state index >= 15 is 0 Å². The first-order valence-electron chi connectivity index (χ1n) is 2.68. The van der Waals surface area contributed by atoms with Gasteiger partial charge in [-0.25, -0.2) is 0 Å². The molecular formula is C4H16O4P2. The van der Waals surface area contributed by atoms with Crippen molar-refractivity contribution in [2.45, 2.75) is 0 Å². The molecule has 0 rings (SSSR count). The molecule has 6 heteroatoms. The number of hydrogen-bond donors (Lipinski definition) is 4. The average molecular weight is 190 g/mol. The first kappa shape index (κ1) is 13.3. The van der Waals surface area contributed by atoms with Gasteiger partial charge in [0.05, 0.1) is 0 Å². The summed E-state index contributed by atoms with van der Waals surface area (Å²) in [7, 11) is -2.47. The van der Waals surface area contributed by atoms with Crippen LogP contribution in [0.5, 0.6) is 0 Å². The average Bonchev–Trinajstić information content (AvgIpc) is 1.95. The molecule has 0 aromatic rings. The molecule has 0 spiro atoms. The second-order valence-corrected chi connectivity index (χ2v) is 6.40. The van der Waals surface area contributed by atoms with Crippen molar-refractivity contribution in [2.24, 2.45) is 0 Å². The number of aliphatic hydroxyl groups excluding tert-OH is 4. The minimum atomic E-state index is -2.47. The van der Waals surface area contributed by atoms with E-state index in [1.165, 1.54) is 0 Å². The molecular weight excluding hydrogens is 174 g/mol. The zero-order valence-corrected chi connectivity index (χ0v) is 8.24. The molecule has 0 saturated carbocycles. The number of aliphatic hydroxyl groups is 4. The first-order chi connectivity index (χ1) is 4.24. The smallest absolute Gasteiger partial charge is 0.153 e. The molecule has 0 radical (unpaired) electrons. The first-order valence-corrected chi connectivity index (χ1v) is 5.51. The van der Waals surface area contributed by atoms with Crippen LogP contribution in [0.3, 0.4) is 0 Å². The standard InChI is InChI=1S/C4H13O4P.H3P/c5-1-9(2-6,3-7)4-8;/h5-9H,1-4H2;1H3. The van der Waals surface area contributed by atoms with Gasteiger partial charge in [0.2, 0.25) is 0 Å². The van der Waals surface area contributed by atoms with Crippen molar-refractivity contribution in [1.29, 1.82) is 0 Å². The van der Waals surface area contributed by atoms with Crippen LogP contribution < -0.4 is 0 Å². The predicted molar refractivity (Wildman–Crippen MR) is 47.8 cm³/mol. The molecule has 0 aromatic heterocycles. The third-order valence-corrected chi connectivity index (χ3v) is 4.02. The molecule has 4 N–H and O–H groups in total. The molecule has 10 heavy (non-hydrogen) atoms. The number of hydrogen-bond acceptors (Lipinski definition) is 4. The Morgan fingerprint density at radius 2 is 0.900 bits per heavy atom. The third kappa shape index (κ3) is 3.20. The minimum absolute atomic E-state index is 0. The van der Waals surface area contributed by atoms with E-state index in [1.807, 2.05) is 0 Å². The quantitative estimate of drug-likeness (QED) is 0.411. The monoisotopic (exact) mass is 190 g/mol. The molecule has 66 valence electrons. The summed E-state index contributed by atoms with van der Waals surface area (Å²) in [5.41, 5.74) is 0. The van der Waals surface area contributed by atoms with E-state index in [-0.39, 0.29) is 35.3 Å². The van der Waals surface area contributed by atoms with Crippen LogP contribution >= 0.6 is 17.2 Å². The van der Waals surface area contributed by atoms with E-state index in [0.29, 0.717) is 0 Å². The second kappa shape index (κ2) is 6.41. The predicted octanol–water partition coefficient (Wildman–Crippen LogP) is -1.41. The van der Waals surface area contributed by atoms with Crippen molar-refractivity contribution in [1.82, 2.24) is 0 Å². The van der Waals surface area contributed by atoms with Crippen LogP contribution in [0, 0.1) is 0 Å². The summed E-state index contributed by atoms with van der Waals surface area (Å²) in [5, 5.41) is 34.2. The van der Waals surface area contributed by atoms with Crippen LogP contribution in [0.4, 0.5) is 0 Å². The van der Waals surface area contributed by atoms with Gasteiger partial charge in [0, 0.05) is 0 Å². The minimum Gasteiger partial charge on any atom is -0.153 e. The van der Waals surface area contributed by atoms with Gasteiger partial charge in [-0.1, -0.05) is 0 Å². The fraction of sp³-hybridized carbons (Fsp3) is 1.00. The van der Waals surface area contributed by atoms with E-state index < -0.39 is 7.26 Å². The summed E-state index contributed by atoms with van der Waals surface area (Å²) >= 11 is 0. The van der Waals surface area contributed by atoms with Gasteiger partial charge in [0.15, 0.2) is 0 Å². The zero-order valence-electron chi connectivity index (χ0n) is 5.82. The largest absolute Gasteiger partial charge is 0.153 e. The van der Waals surface area contributed by atoms with Gasteiger partial charge in [-0.3, -0.25) is 0 Å². The number of rotatable bonds is 4. The van der Waals surface area contributed by atoms with Crippen molar-refractivity contribution < 1.29 is 20.4 Å². The van der Waals surface area contributed by atoms with E-state index in [0.717, 1.165) is 0 Å². The van der Waals surface area contributed by atoms with Gasteiger partial charge in [0.1, 0.15) is 0 Å². The van der Waals surface area contributed by atoms with Gasteiger partial charge >= 0.3 is 53.1 Å². The van der Waals surface area contributed by atoms with Gasteiger partial charge in [0.25, 0.3) is 0 Å². The fourth-order valence-corrected chi connectivity index (χ4v) is 0.900. The van der Waals surface area contributed by atoms with Crippen LogP contribution in [-0.4, -0.2) is 45.8 Å². The van der Waals surface area contributed by atoms with Crippen molar-refractivity contribution in [3.05, 3.63) is 0 Å². The summed E-state index contributed by atoms with van der Waals surface area (Å²) in [5.74, 6) is 0. The van der Waals surface area contributed by atoms with Gasteiger partial charge in [-0.05, 0) is 0 Å². The molecule has 0 aliphatic rings. The Morgan fingerprint density at radius 1 is 0.700 bits per heavy atom. The van der Waals surface area contributed by atoms with Gasteiger partial charge in [-0.15, -0.1) is 0 Å². The maximum Gasteiger partial charge on any atom is -0.153 e. The van der Waals surface area contributed by atoms with Crippen LogP contribution in [0.1, 0.15) is 0 Å². The van der Waals surface area contributed by atoms with E-state index in [9.17, 15) is 0 Å².